The minimum atomic E-state index is -4.52. The molecular weight excluding hydrogens is 319 g/mol. The lowest BCUT2D eigenvalue weighted by Gasteiger charge is -2.12. The van der Waals surface area contributed by atoms with E-state index in [0.717, 1.165) is 10.6 Å². The molecule has 0 saturated heterocycles. The van der Waals surface area contributed by atoms with Gasteiger partial charge in [-0.2, -0.15) is 18.3 Å². The highest BCUT2D eigenvalue weighted by molar-refractivity contribution is 5.63. The molecule has 0 spiro atoms. The van der Waals surface area contributed by atoms with Crippen molar-refractivity contribution in [2.24, 2.45) is 0 Å². The van der Waals surface area contributed by atoms with Crippen molar-refractivity contribution >= 4 is 5.65 Å². The van der Waals surface area contributed by atoms with Gasteiger partial charge in [-0.1, -0.05) is 0 Å². The third-order valence-electron chi connectivity index (χ3n) is 3.36. The molecule has 3 rings (SSSR count). The summed E-state index contributed by atoms with van der Waals surface area (Å²) in [7, 11) is 0. The number of nitrogens with zero attached hydrogens (tertiary/aromatic N) is 3. The van der Waals surface area contributed by atoms with Crippen LogP contribution in [0.15, 0.2) is 36.4 Å². The molecule has 2 aromatic heterocycles. The Bertz CT molecular complexity index is 867. The summed E-state index contributed by atoms with van der Waals surface area (Å²) in [5.74, 6) is 0.658. The van der Waals surface area contributed by atoms with Crippen LogP contribution >= 0.6 is 0 Å². The van der Waals surface area contributed by atoms with Crippen molar-refractivity contribution in [3.05, 3.63) is 47.8 Å². The molecule has 2 heterocycles. The summed E-state index contributed by atoms with van der Waals surface area (Å²) < 4.78 is 46.3. The van der Waals surface area contributed by atoms with Gasteiger partial charge in [0.15, 0.2) is 11.3 Å². The van der Waals surface area contributed by atoms with Crippen molar-refractivity contribution in [3.8, 4) is 17.0 Å². The highest BCUT2D eigenvalue weighted by atomic mass is 19.4. The molecule has 7 heteroatoms. The molecule has 0 radical (unpaired) electrons. The molecule has 4 nitrogen and oxygen atoms in total. The molecule has 0 saturated carbocycles. The zero-order chi connectivity index (χ0) is 17.5. The van der Waals surface area contributed by atoms with Gasteiger partial charge in [-0.25, -0.2) is 9.50 Å². The lowest BCUT2D eigenvalue weighted by atomic mass is 10.1. The summed E-state index contributed by atoms with van der Waals surface area (Å²) in [6.07, 6.45) is -4.49. The molecule has 126 valence electrons. The molecule has 0 atom stereocenters. The first-order valence-electron chi connectivity index (χ1n) is 7.46. The molecule has 0 bridgehead atoms. The molecule has 0 aliphatic rings. The van der Waals surface area contributed by atoms with E-state index in [2.05, 4.69) is 10.1 Å². The van der Waals surface area contributed by atoms with E-state index in [1.165, 1.54) is 6.07 Å². The van der Waals surface area contributed by atoms with E-state index >= 15 is 0 Å². The van der Waals surface area contributed by atoms with Crippen molar-refractivity contribution < 1.29 is 17.9 Å². The fourth-order valence-electron chi connectivity index (χ4n) is 2.42. The lowest BCUT2D eigenvalue weighted by molar-refractivity contribution is -0.142. The van der Waals surface area contributed by atoms with Crippen LogP contribution in [0.25, 0.3) is 16.9 Å². The Labute approximate surface area is 136 Å². The summed E-state index contributed by atoms with van der Waals surface area (Å²) in [5, 5.41) is 3.88. The van der Waals surface area contributed by atoms with Crippen LogP contribution in [-0.4, -0.2) is 20.7 Å². The van der Waals surface area contributed by atoms with Gasteiger partial charge in [-0.15, -0.1) is 0 Å². The fraction of sp³-hybridized carbons (Fsp3) is 0.294. The minimum Gasteiger partial charge on any atom is -0.491 e. The zero-order valence-electron chi connectivity index (χ0n) is 13.4. The minimum absolute atomic E-state index is 0.0249. The number of halogens is 3. The van der Waals surface area contributed by atoms with Crippen molar-refractivity contribution in [2.45, 2.75) is 33.1 Å². The standard InChI is InChI=1S/C17H16F3N3O/c1-10(2)24-13-6-4-12(5-7-13)14-9-15(17(18,19)20)23-16(21-14)8-11(3)22-23/h4-10H,1-3H3. The highest BCUT2D eigenvalue weighted by Gasteiger charge is 2.35. The number of benzene rings is 1. The van der Waals surface area contributed by atoms with E-state index in [0.29, 0.717) is 17.0 Å². The second-order valence-corrected chi connectivity index (χ2v) is 5.77. The van der Waals surface area contributed by atoms with E-state index in [-0.39, 0.29) is 17.4 Å². The molecule has 1 aromatic carbocycles. The average molecular weight is 335 g/mol. The van der Waals surface area contributed by atoms with Crippen molar-refractivity contribution in [3.63, 3.8) is 0 Å². The summed E-state index contributed by atoms with van der Waals surface area (Å²) in [5.41, 5.74) is 0.618. The summed E-state index contributed by atoms with van der Waals surface area (Å²) in [6.45, 7) is 5.44. The second kappa shape index (κ2) is 5.81. The Kier molecular flexibility index (Phi) is 3.95. The van der Waals surface area contributed by atoms with Gasteiger partial charge < -0.3 is 4.74 Å². The number of ether oxygens (including phenoxy) is 1. The van der Waals surface area contributed by atoms with Gasteiger partial charge in [0.1, 0.15) is 5.75 Å². The monoisotopic (exact) mass is 335 g/mol. The van der Waals surface area contributed by atoms with Crippen LogP contribution < -0.4 is 4.74 Å². The Hall–Kier alpha value is -2.57. The predicted octanol–water partition coefficient (Wildman–Crippen LogP) is 4.51. The van der Waals surface area contributed by atoms with Crippen molar-refractivity contribution in [2.75, 3.05) is 0 Å². The third kappa shape index (κ3) is 3.20. The number of hydrogen-bond donors (Lipinski definition) is 0. The van der Waals surface area contributed by atoms with Gasteiger partial charge in [0.2, 0.25) is 0 Å². The van der Waals surface area contributed by atoms with Crippen LogP contribution in [0.2, 0.25) is 0 Å². The van der Waals surface area contributed by atoms with Crippen LogP contribution in [0.4, 0.5) is 13.2 Å². The highest BCUT2D eigenvalue weighted by Crippen LogP contribution is 2.32. The predicted molar refractivity (Wildman–Crippen MR) is 83.9 cm³/mol. The van der Waals surface area contributed by atoms with Gasteiger partial charge in [0.05, 0.1) is 17.5 Å². The largest absolute Gasteiger partial charge is 0.491 e. The first-order valence-corrected chi connectivity index (χ1v) is 7.46. The Morgan fingerprint density at radius 1 is 1.08 bits per heavy atom. The van der Waals surface area contributed by atoms with Gasteiger partial charge in [0.25, 0.3) is 0 Å². The lowest BCUT2D eigenvalue weighted by Crippen LogP contribution is -2.13. The molecule has 0 unspecified atom stereocenters. The molecule has 3 aromatic rings. The van der Waals surface area contributed by atoms with Crippen LogP contribution in [0.5, 0.6) is 5.75 Å². The van der Waals surface area contributed by atoms with Gasteiger partial charge in [-0.05, 0) is 51.1 Å². The summed E-state index contributed by atoms with van der Waals surface area (Å²) >= 11 is 0. The Morgan fingerprint density at radius 3 is 2.33 bits per heavy atom. The summed E-state index contributed by atoms with van der Waals surface area (Å²) in [6, 6.07) is 9.36. The first kappa shape index (κ1) is 16.3. The Morgan fingerprint density at radius 2 is 1.75 bits per heavy atom. The quantitative estimate of drug-likeness (QED) is 0.707. The van der Waals surface area contributed by atoms with E-state index < -0.39 is 11.9 Å². The maximum atomic E-state index is 13.3. The number of aryl methyl sites for hydroxylation is 1. The number of hydrogen-bond acceptors (Lipinski definition) is 3. The van der Waals surface area contributed by atoms with Gasteiger partial charge >= 0.3 is 6.18 Å². The van der Waals surface area contributed by atoms with Crippen LogP contribution in [0, 0.1) is 6.92 Å². The topological polar surface area (TPSA) is 39.4 Å². The molecule has 0 amide bonds. The molecular formula is C17H16F3N3O. The number of alkyl halides is 3. The zero-order valence-corrected chi connectivity index (χ0v) is 13.4. The molecule has 0 N–H and O–H groups in total. The third-order valence-corrected chi connectivity index (χ3v) is 3.36. The maximum Gasteiger partial charge on any atom is 0.433 e. The normalized spacial score (nSPS) is 12.1. The average Bonchev–Trinajstić information content (AvgIpc) is 2.85. The molecule has 0 aliphatic heterocycles. The molecule has 0 fully saturated rings. The SMILES string of the molecule is Cc1cc2nc(-c3ccc(OC(C)C)cc3)cc(C(F)(F)F)n2n1. The molecule has 0 aliphatic carbocycles. The van der Waals surface area contributed by atoms with Crippen LogP contribution in [-0.2, 0) is 6.18 Å². The van der Waals surface area contributed by atoms with Gasteiger partial charge in [0, 0.05) is 11.6 Å². The number of fused-ring (bicyclic) bond motifs is 1. The van der Waals surface area contributed by atoms with E-state index in [9.17, 15) is 13.2 Å². The van der Waals surface area contributed by atoms with Crippen molar-refractivity contribution in [1.82, 2.24) is 14.6 Å². The van der Waals surface area contributed by atoms with Crippen LogP contribution in [0.3, 0.4) is 0 Å². The van der Waals surface area contributed by atoms with E-state index in [1.807, 2.05) is 13.8 Å². The Balaban J connectivity index is 2.09. The number of rotatable bonds is 3. The smallest absolute Gasteiger partial charge is 0.433 e. The van der Waals surface area contributed by atoms with Crippen molar-refractivity contribution in [1.29, 1.82) is 0 Å². The number of aromatic nitrogens is 3. The van der Waals surface area contributed by atoms with E-state index in [1.54, 1.807) is 31.2 Å². The van der Waals surface area contributed by atoms with Crippen LogP contribution in [0.1, 0.15) is 25.2 Å². The maximum absolute atomic E-state index is 13.3. The van der Waals surface area contributed by atoms with E-state index in [4.69, 9.17) is 4.74 Å². The fourth-order valence-corrected chi connectivity index (χ4v) is 2.42. The summed E-state index contributed by atoms with van der Waals surface area (Å²) in [4.78, 5) is 4.29. The molecule has 24 heavy (non-hydrogen) atoms. The first-order chi connectivity index (χ1) is 11.2. The second-order valence-electron chi connectivity index (χ2n) is 5.77. The van der Waals surface area contributed by atoms with Gasteiger partial charge in [-0.3, -0.25) is 0 Å².